The molecule has 1 aliphatic rings. The van der Waals surface area contributed by atoms with Crippen molar-refractivity contribution < 1.29 is 4.79 Å². The summed E-state index contributed by atoms with van der Waals surface area (Å²) in [4.78, 5) is 11.9. The summed E-state index contributed by atoms with van der Waals surface area (Å²) in [5, 5.41) is 10.1. The molecule has 3 rings (SSSR count). The van der Waals surface area contributed by atoms with Gasteiger partial charge in [0.05, 0.1) is 6.04 Å². The molecule has 2 heterocycles. The van der Waals surface area contributed by atoms with Gasteiger partial charge in [0, 0.05) is 15.7 Å². The standard InChI is InChI=1S/C14H14BrN3O/c1-7(2)11-10-12(8-3-5-9(15)6-4-8)16-14(19)13(10)18-17-11/h3-7,12H,1-2H3,(H,16,19)(H,17,18). The number of aromatic nitrogens is 2. The van der Waals surface area contributed by atoms with Gasteiger partial charge in [0.15, 0.2) is 5.69 Å². The zero-order valence-electron chi connectivity index (χ0n) is 10.7. The summed E-state index contributed by atoms with van der Waals surface area (Å²) in [6.07, 6.45) is 0. The molecule has 0 saturated heterocycles. The van der Waals surface area contributed by atoms with Crippen LogP contribution in [0.4, 0.5) is 0 Å². The highest BCUT2D eigenvalue weighted by Gasteiger charge is 2.35. The lowest BCUT2D eigenvalue weighted by Crippen LogP contribution is -2.21. The van der Waals surface area contributed by atoms with Crippen molar-refractivity contribution in [2.45, 2.75) is 25.8 Å². The number of halogens is 1. The zero-order valence-corrected chi connectivity index (χ0v) is 12.3. The summed E-state index contributed by atoms with van der Waals surface area (Å²) < 4.78 is 1.03. The van der Waals surface area contributed by atoms with Crippen molar-refractivity contribution in [1.82, 2.24) is 15.5 Å². The summed E-state index contributed by atoms with van der Waals surface area (Å²) in [6, 6.07) is 7.89. The predicted octanol–water partition coefficient (Wildman–Crippen LogP) is 3.13. The van der Waals surface area contributed by atoms with Gasteiger partial charge in [-0.05, 0) is 23.6 Å². The summed E-state index contributed by atoms with van der Waals surface area (Å²) in [5.41, 5.74) is 3.61. The fourth-order valence-electron chi connectivity index (χ4n) is 2.45. The summed E-state index contributed by atoms with van der Waals surface area (Å²) in [6.45, 7) is 4.18. The lowest BCUT2D eigenvalue weighted by Gasteiger charge is -2.14. The lowest BCUT2D eigenvalue weighted by atomic mass is 9.95. The van der Waals surface area contributed by atoms with Crippen LogP contribution in [0.25, 0.3) is 0 Å². The van der Waals surface area contributed by atoms with Crippen LogP contribution in [0, 0.1) is 0 Å². The second-order valence-electron chi connectivity index (χ2n) is 5.01. The number of hydrogen-bond donors (Lipinski definition) is 2. The van der Waals surface area contributed by atoms with E-state index in [1.165, 1.54) is 0 Å². The van der Waals surface area contributed by atoms with Gasteiger partial charge in [-0.1, -0.05) is 41.9 Å². The zero-order chi connectivity index (χ0) is 13.6. The number of rotatable bonds is 2. The molecule has 19 heavy (non-hydrogen) atoms. The number of aromatic amines is 1. The number of H-pyrrole nitrogens is 1. The Morgan fingerprint density at radius 2 is 1.95 bits per heavy atom. The first kappa shape index (κ1) is 12.4. The maximum atomic E-state index is 11.9. The topological polar surface area (TPSA) is 57.8 Å². The predicted molar refractivity (Wildman–Crippen MR) is 76.1 cm³/mol. The van der Waals surface area contributed by atoms with E-state index in [4.69, 9.17) is 0 Å². The molecule has 1 amide bonds. The third kappa shape index (κ3) is 1.98. The van der Waals surface area contributed by atoms with E-state index in [0.717, 1.165) is 21.3 Å². The molecular weight excluding hydrogens is 306 g/mol. The third-order valence-corrected chi connectivity index (χ3v) is 3.92. The average Bonchev–Trinajstić information content (AvgIpc) is 2.92. The van der Waals surface area contributed by atoms with Crippen LogP contribution in [0.5, 0.6) is 0 Å². The van der Waals surface area contributed by atoms with Crippen molar-refractivity contribution in [1.29, 1.82) is 0 Å². The van der Waals surface area contributed by atoms with Crippen LogP contribution in [0.3, 0.4) is 0 Å². The van der Waals surface area contributed by atoms with Crippen LogP contribution in [-0.4, -0.2) is 16.1 Å². The fourth-order valence-corrected chi connectivity index (χ4v) is 2.71. The smallest absolute Gasteiger partial charge is 0.272 e. The normalized spacial score (nSPS) is 17.7. The second kappa shape index (κ2) is 4.49. The SMILES string of the molecule is CC(C)c1[nH]nc2c1C(c1ccc(Br)cc1)NC2=O. The average molecular weight is 320 g/mol. The molecule has 0 fully saturated rings. The Bertz CT molecular complexity index is 631. The van der Waals surface area contributed by atoms with Crippen LogP contribution in [-0.2, 0) is 0 Å². The van der Waals surface area contributed by atoms with Crippen LogP contribution >= 0.6 is 15.9 Å². The number of carbonyl (C=O) groups excluding carboxylic acids is 1. The van der Waals surface area contributed by atoms with E-state index in [2.05, 4.69) is 45.3 Å². The van der Waals surface area contributed by atoms with Crippen molar-refractivity contribution in [3.63, 3.8) is 0 Å². The third-order valence-electron chi connectivity index (χ3n) is 3.39. The van der Waals surface area contributed by atoms with Crippen molar-refractivity contribution in [3.8, 4) is 0 Å². The minimum Gasteiger partial charge on any atom is -0.340 e. The molecule has 0 bridgehead atoms. The molecule has 0 saturated carbocycles. The molecule has 1 unspecified atom stereocenters. The highest BCUT2D eigenvalue weighted by molar-refractivity contribution is 9.10. The van der Waals surface area contributed by atoms with Crippen LogP contribution < -0.4 is 5.32 Å². The Hall–Kier alpha value is -1.62. The molecule has 1 aromatic heterocycles. The monoisotopic (exact) mass is 319 g/mol. The van der Waals surface area contributed by atoms with Gasteiger partial charge in [-0.15, -0.1) is 0 Å². The number of hydrogen-bond acceptors (Lipinski definition) is 2. The van der Waals surface area contributed by atoms with E-state index in [1.54, 1.807) is 0 Å². The van der Waals surface area contributed by atoms with Gasteiger partial charge in [-0.3, -0.25) is 9.89 Å². The first-order valence-corrected chi connectivity index (χ1v) is 7.01. The van der Waals surface area contributed by atoms with Crippen molar-refractivity contribution in [3.05, 3.63) is 51.3 Å². The molecule has 0 aliphatic carbocycles. The van der Waals surface area contributed by atoms with Gasteiger partial charge in [0.2, 0.25) is 0 Å². The largest absolute Gasteiger partial charge is 0.340 e. The van der Waals surface area contributed by atoms with E-state index in [0.29, 0.717) is 11.6 Å². The highest BCUT2D eigenvalue weighted by Crippen LogP contribution is 2.35. The Morgan fingerprint density at radius 1 is 1.26 bits per heavy atom. The Labute approximate surface area is 119 Å². The lowest BCUT2D eigenvalue weighted by molar-refractivity contribution is 0.0955. The highest BCUT2D eigenvalue weighted by atomic mass is 79.9. The fraction of sp³-hybridized carbons (Fsp3) is 0.286. The van der Waals surface area contributed by atoms with Gasteiger partial charge in [-0.25, -0.2) is 0 Å². The summed E-state index contributed by atoms with van der Waals surface area (Å²) in [5.74, 6) is 0.202. The quantitative estimate of drug-likeness (QED) is 0.893. The number of nitrogens with zero attached hydrogens (tertiary/aromatic N) is 1. The number of nitrogens with one attached hydrogen (secondary N) is 2. The van der Waals surface area contributed by atoms with Gasteiger partial charge in [-0.2, -0.15) is 5.10 Å². The molecule has 98 valence electrons. The van der Waals surface area contributed by atoms with E-state index in [-0.39, 0.29) is 11.9 Å². The van der Waals surface area contributed by atoms with E-state index in [1.807, 2.05) is 24.3 Å². The van der Waals surface area contributed by atoms with Crippen LogP contribution in [0.2, 0.25) is 0 Å². The minimum absolute atomic E-state index is 0.105. The van der Waals surface area contributed by atoms with Crippen LogP contribution in [0.15, 0.2) is 28.7 Å². The molecule has 0 radical (unpaired) electrons. The molecule has 2 N–H and O–H groups in total. The van der Waals surface area contributed by atoms with Gasteiger partial charge in [0.1, 0.15) is 0 Å². The summed E-state index contributed by atoms with van der Waals surface area (Å²) in [7, 11) is 0. The van der Waals surface area contributed by atoms with Gasteiger partial charge >= 0.3 is 0 Å². The minimum atomic E-state index is -0.105. The van der Waals surface area contributed by atoms with E-state index in [9.17, 15) is 4.79 Å². The number of benzene rings is 1. The Morgan fingerprint density at radius 3 is 2.58 bits per heavy atom. The first-order chi connectivity index (χ1) is 9.08. The summed E-state index contributed by atoms with van der Waals surface area (Å²) >= 11 is 3.42. The van der Waals surface area contributed by atoms with Crippen molar-refractivity contribution >= 4 is 21.8 Å². The molecule has 1 atom stereocenters. The molecular formula is C14H14BrN3O. The molecule has 0 spiro atoms. The maximum Gasteiger partial charge on any atom is 0.272 e. The van der Waals surface area contributed by atoms with Crippen molar-refractivity contribution in [2.75, 3.05) is 0 Å². The van der Waals surface area contributed by atoms with Crippen LogP contribution in [0.1, 0.15) is 53.1 Å². The Balaban J connectivity index is 2.10. The molecule has 5 heteroatoms. The maximum absolute atomic E-state index is 11.9. The van der Waals surface area contributed by atoms with E-state index >= 15 is 0 Å². The number of fused-ring (bicyclic) bond motifs is 1. The second-order valence-corrected chi connectivity index (χ2v) is 5.93. The molecule has 2 aromatic rings. The first-order valence-electron chi connectivity index (χ1n) is 6.22. The van der Waals surface area contributed by atoms with Gasteiger partial charge in [0.25, 0.3) is 5.91 Å². The number of carbonyl (C=O) groups is 1. The van der Waals surface area contributed by atoms with Crippen molar-refractivity contribution in [2.24, 2.45) is 0 Å². The Kier molecular flexibility index (Phi) is 2.93. The van der Waals surface area contributed by atoms with Gasteiger partial charge < -0.3 is 5.32 Å². The number of amides is 1. The van der Waals surface area contributed by atoms with E-state index < -0.39 is 0 Å². The molecule has 1 aliphatic heterocycles. The molecule has 4 nitrogen and oxygen atoms in total. The molecule has 1 aromatic carbocycles.